The van der Waals surface area contributed by atoms with Gasteiger partial charge in [0.15, 0.2) is 16.8 Å². The van der Waals surface area contributed by atoms with Crippen LogP contribution >= 0.6 is 23.9 Å². The molecule has 1 fully saturated rings. The van der Waals surface area contributed by atoms with Gasteiger partial charge in [0, 0.05) is 55.2 Å². The van der Waals surface area contributed by atoms with E-state index in [9.17, 15) is 8.78 Å². The molecule has 3 N–H and O–H groups in total. The Hall–Kier alpha value is -1.66. The molecule has 30 heavy (non-hydrogen) atoms. The SMILES string of the molecule is CCC1CN(SNc2cc(OCCO)nc(SCc3cccc(F)c3F)n2)CCN1. The Morgan fingerprint density at radius 3 is 3.03 bits per heavy atom. The first-order valence-electron chi connectivity index (χ1n) is 9.68. The fourth-order valence-electron chi connectivity index (χ4n) is 2.81. The van der Waals surface area contributed by atoms with Crippen molar-refractivity contribution in [3.8, 4) is 5.88 Å². The fraction of sp³-hybridized carbons (Fsp3) is 0.474. The highest BCUT2D eigenvalue weighted by Crippen LogP contribution is 2.27. The zero-order valence-electron chi connectivity index (χ0n) is 16.6. The normalized spacial score (nSPS) is 17.1. The number of aliphatic hydroxyl groups is 1. The molecular formula is C19H25F2N5O2S2. The van der Waals surface area contributed by atoms with Gasteiger partial charge in [-0.05, 0) is 12.5 Å². The molecule has 0 radical (unpaired) electrons. The van der Waals surface area contributed by atoms with E-state index < -0.39 is 11.6 Å². The maximum absolute atomic E-state index is 13.9. The lowest BCUT2D eigenvalue weighted by Crippen LogP contribution is -2.47. The summed E-state index contributed by atoms with van der Waals surface area (Å²) in [5, 5.41) is 12.8. The zero-order valence-corrected chi connectivity index (χ0v) is 18.2. The Morgan fingerprint density at radius 2 is 2.23 bits per heavy atom. The summed E-state index contributed by atoms with van der Waals surface area (Å²) in [6.07, 6.45) is 1.06. The van der Waals surface area contributed by atoms with Crippen LogP contribution in [0.2, 0.25) is 0 Å². The van der Waals surface area contributed by atoms with Crippen LogP contribution in [0.4, 0.5) is 14.6 Å². The summed E-state index contributed by atoms with van der Waals surface area (Å²) >= 11 is 2.64. The number of aromatic nitrogens is 2. The summed E-state index contributed by atoms with van der Waals surface area (Å²) in [5.74, 6) is -0.729. The minimum absolute atomic E-state index is 0.0994. The van der Waals surface area contributed by atoms with Gasteiger partial charge in [-0.25, -0.2) is 18.1 Å². The molecule has 1 saturated heterocycles. The summed E-state index contributed by atoms with van der Waals surface area (Å²) in [5.41, 5.74) is 0.237. The highest BCUT2D eigenvalue weighted by molar-refractivity contribution is 7.98. The maximum atomic E-state index is 13.9. The number of thioether (sulfide) groups is 1. The van der Waals surface area contributed by atoms with Crippen LogP contribution in [0.3, 0.4) is 0 Å². The smallest absolute Gasteiger partial charge is 0.219 e. The molecule has 1 aromatic heterocycles. The predicted octanol–water partition coefficient (Wildman–Crippen LogP) is 3.08. The summed E-state index contributed by atoms with van der Waals surface area (Å²) in [4.78, 5) is 8.74. The molecule has 1 unspecified atom stereocenters. The molecule has 1 aliphatic rings. The van der Waals surface area contributed by atoms with Gasteiger partial charge in [0.2, 0.25) is 5.88 Å². The third-order valence-electron chi connectivity index (χ3n) is 4.40. The topological polar surface area (TPSA) is 82.5 Å². The molecule has 0 spiro atoms. The maximum Gasteiger partial charge on any atom is 0.219 e. The Labute approximate surface area is 183 Å². The van der Waals surface area contributed by atoms with Crippen molar-refractivity contribution in [2.45, 2.75) is 30.3 Å². The number of ether oxygens (including phenoxy) is 1. The van der Waals surface area contributed by atoms with Gasteiger partial charge in [0.25, 0.3) is 0 Å². The van der Waals surface area contributed by atoms with Crippen LogP contribution in [0.5, 0.6) is 5.88 Å². The van der Waals surface area contributed by atoms with Crippen molar-refractivity contribution in [3.63, 3.8) is 0 Å². The first-order chi connectivity index (χ1) is 14.6. The largest absolute Gasteiger partial charge is 0.475 e. The first-order valence-corrected chi connectivity index (χ1v) is 11.4. The Bertz CT molecular complexity index is 834. The van der Waals surface area contributed by atoms with Crippen molar-refractivity contribution in [1.82, 2.24) is 19.6 Å². The molecule has 0 aliphatic carbocycles. The number of aliphatic hydroxyl groups excluding tert-OH is 1. The van der Waals surface area contributed by atoms with Gasteiger partial charge in [-0.3, -0.25) is 0 Å². The second-order valence-electron chi connectivity index (χ2n) is 6.59. The van der Waals surface area contributed by atoms with E-state index in [-0.39, 0.29) is 24.5 Å². The van der Waals surface area contributed by atoms with Crippen molar-refractivity contribution in [1.29, 1.82) is 0 Å². The van der Waals surface area contributed by atoms with Crippen molar-refractivity contribution in [3.05, 3.63) is 41.5 Å². The van der Waals surface area contributed by atoms with E-state index in [1.54, 1.807) is 6.07 Å². The molecule has 2 heterocycles. The lowest BCUT2D eigenvalue weighted by Gasteiger charge is -2.31. The number of hydrogen-bond donors (Lipinski definition) is 3. The molecule has 1 aromatic carbocycles. The molecule has 0 bridgehead atoms. The first kappa shape index (κ1) is 23.0. The van der Waals surface area contributed by atoms with Gasteiger partial charge in [0.1, 0.15) is 12.4 Å². The number of benzene rings is 1. The van der Waals surface area contributed by atoms with Gasteiger partial charge in [-0.1, -0.05) is 30.8 Å². The van der Waals surface area contributed by atoms with Crippen molar-refractivity contribution >= 4 is 29.7 Å². The lowest BCUT2D eigenvalue weighted by molar-refractivity contribution is 0.195. The van der Waals surface area contributed by atoms with Crippen LogP contribution in [0.25, 0.3) is 0 Å². The third-order valence-corrected chi connectivity index (χ3v) is 6.19. The standard InChI is InChI=1S/C19H25F2N5O2S2/c1-2-14-11-26(7-6-22-14)30-25-16-10-17(28-9-8-27)24-19(23-16)29-12-13-4-3-5-15(20)18(13)21/h3-5,10,14,22,27H,2,6-9,11-12H2,1H3,(H,23,24,25). The average Bonchev–Trinajstić information content (AvgIpc) is 2.77. The van der Waals surface area contributed by atoms with Crippen molar-refractivity contribution < 1.29 is 18.6 Å². The van der Waals surface area contributed by atoms with Crippen LogP contribution in [0.15, 0.2) is 29.4 Å². The number of nitrogens with one attached hydrogen (secondary N) is 2. The van der Waals surface area contributed by atoms with E-state index in [1.165, 1.54) is 36.0 Å². The lowest BCUT2D eigenvalue weighted by atomic mass is 10.2. The molecule has 1 atom stereocenters. The predicted molar refractivity (Wildman–Crippen MR) is 115 cm³/mol. The molecular weight excluding hydrogens is 432 g/mol. The molecule has 2 aromatic rings. The minimum Gasteiger partial charge on any atom is -0.475 e. The van der Waals surface area contributed by atoms with Crippen LogP contribution in [0.1, 0.15) is 18.9 Å². The number of anilines is 1. The van der Waals surface area contributed by atoms with Crippen molar-refractivity contribution in [2.75, 3.05) is 37.6 Å². The summed E-state index contributed by atoms with van der Waals surface area (Å²) in [6.45, 7) is 4.84. The zero-order chi connectivity index (χ0) is 21.3. The number of hydrogen-bond acceptors (Lipinski definition) is 9. The van der Waals surface area contributed by atoms with Gasteiger partial charge in [0.05, 0.1) is 6.61 Å². The summed E-state index contributed by atoms with van der Waals surface area (Å²) in [7, 11) is 0. The molecule has 0 amide bonds. The quantitative estimate of drug-likeness (QED) is 0.283. The molecule has 164 valence electrons. The fourth-order valence-corrected chi connectivity index (χ4v) is 4.40. The third kappa shape index (κ3) is 6.67. The van der Waals surface area contributed by atoms with Crippen LogP contribution < -0.4 is 14.8 Å². The summed E-state index contributed by atoms with van der Waals surface area (Å²) < 4.78 is 38.2. The molecule has 7 nitrogen and oxygen atoms in total. The van der Waals surface area contributed by atoms with Crippen LogP contribution in [0, 0.1) is 11.6 Å². The van der Waals surface area contributed by atoms with Crippen LogP contribution in [-0.2, 0) is 5.75 Å². The second kappa shape index (κ2) is 11.7. The number of nitrogens with zero attached hydrogens (tertiary/aromatic N) is 3. The molecule has 1 aliphatic heterocycles. The highest BCUT2D eigenvalue weighted by Gasteiger charge is 2.19. The van der Waals surface area contributed by atoms with E-state index in [0.29, 0.717) is 22.9 Å². The number of piperazine rings is 1. The minimum atomic E-state index is -0.880. The Balaban J connectivity index is 1.67. The highest BCUT2D eigenvalue weighted by atomic mass is 32.2. The van der Waals surface area contributed by atoms with Gasteiger partial charge >= 0.3 is 0 Å². The molecule has 3 rings (SSSR count). The van der Waals surface area contributed by atoms with E-state index in [2.05, 4.69) is 31.2 Å². The molecule has 0 saturated carbocycles. The number of rotatable bonds is 10. The van der Waals surface area contributed by atoms with E-state index in [0.717, 1.165) is 32.1 Å². The molecule has 11 heteroatoms. The van der Waals surface area contributed by atoms with Crippen LogP contribution in [-0.4, -0.2) is 58.3 Å². The van der Waals surface area contributed by atoms with E-state index in [4.69, 9.17) is 9.84 Å². The summed E-state index contributed by atoms with van der Waals surface area (Å²) in [6, 6.07) is 6.18. The van der Waals surface area contributed by atoms with Gasteiger partial charge in [-0.15, -0.1) is 0 Å². The number of halogens is 2. The monoisotopic (exact) mass is 457 g/mol. The van der Waals surface area contributed by atoms with Gasteiger partial charge < -0.3 is 19.9 Å². The van der Waals surface area contributed by atoms with E-state index >= 15 is 0 Å². The Kier molecular flexibility index (Phi) is 8.94. The van der Waals surface area contributed by atoms with Gasteiger partial charge in [-0.2, -0.15) is 4.98 Å². The Morgan fingerprint density at radius 1 is 1.37 bits per heavy atom. The average molecular weight is 458 g/mol. The van der Waals surface area contributed by atoms with E-state index in [1.807, 2.05) is 0 Å². The van der Waals surface area contributed by atoms with Crippen molar-refractivity contribution in [2.24, 2.45) is 0 Å². The second-order valence-corrected chi connectivity index (χ2v) is 8.43.